The van der Waals surface area contributed by atoms with Crippen LogP contribution in [0.2, 0.25) is 0 Å². The number of pyridine rings is 2. The maximum Gasteiger partial charge on any atom is 0.222 e. The molecule has 0 aliphatic heterocycles. The predicted molar refractivity (Wildman–Crippen MR) is 90.9 cm³/mol. The summed E-state index contributed by atoms with van der Waals surface area (Å²) in [4.78, 5) is 4.66. The van der Waals surface area contributed by atoms with Crippen molar-refractivity contribution in [3.05, 3.63) is 48.3 Å². The van der Waals surface area contributed by atoms with E-state index in [1.807, 2.05) is 6.20 Å². The van der Waals surface area contributed by atoms with Gasteiger partial charge >= 0.3 is 0 Å². The van der Waals surface area contributed by atoms with E-state index < -0.39 is 0 Å². The van der Waals surface area contributed by atoms with E-state index in [2.05, 4.69) is 59.9 Å². The number of nitrogens with zero attached hydrogens (tertiary/aromatic N) is 2. The average Bonchev–Trinajstić information content (AvgIpc) is 3.35. The van der Waals surface area contributed by atoms with Crippen LogP contribution in [0.1, 0.15) is 45.1 Å². The van der Waals surface area contributed by atoms with E-state index in [9.17, 15) is 0 Å². The van der Waals surface area contributed by atoms with Crippen LogP contribution in [-0.2, 0) is 12.0 Å². The molecule has 2 heterocycles. The highest BCUT2D eigenvalue weighted by molar-refractivity contribution is 6.04. The Kier molecular flexibility index (Phi) is 3.14. The molecule has 0 spiro atoms. The Morgan fingerprint density at radius 2 is 2.00 bits per heavy atom. The number of rotatable bonds is 4. The van der Waals surface area contributed by atoms with Gasteiger partial charge in [-0.2, -0.15) is 4.57 Å². The molecule has 3 aromatic rings. The lowest BCUT2D eigenvalue weighted by atomic mass is 9.89. The first kappa shape index (κ1) is 13.7. The van der Waals surface area contributed by atoms with Crippen molar-refractivity contribution in [2.45, 2.75) is 51.5 Å². The van der Waals surface area contributed by atoms with Crippen LogP contribution in [0.4, 0.5) is 0 Å². The highest BCUT2D eigenvalue weighted by Gasteiger charge is 2.44. The van der Waals surface area contributed by atoms with Gasteiger partial charge in [-0.05, 0) is 54.5 Å². The highest BCUT2D eigenvalue weighted by Crippen LogP contribution is 2.53. The van der Waals surface area contributed by atoms with Crippen LogP contribution in [0.15, 0.2) is 42.7 Å². The summed E-state index contributed by atoms with van der Waals surface area (Å²) in [7, 11) is 0. The molecule has 0 atom stereocenters. The summed E-state index contributed by atoms with van der Waals surface area (Å²) in [6.07, 6.45) is 9.22. The maximum atomic E-state index is 4.66. The Hall–Kier alpha value is -1.96. The first-order chi connectivity index (χ1) is 10.8. The number of fused-ring (bicyclic) bond motifs is 3. The van der Waals surface area contributed by atoms with Crippen molar-refractivity contribution in [2.75, 3.05) is 0 Å². The van der Waals surface area contributed by atoms with Crippen LogP contribution < -0.4 is 4.57 Å². The second-order valence-electron chi connectivity index (χ2n) is 6.59. The Labute approximate surface area is 131 Å². The van der Waals surface area contributed by atoms with E-state index in [1.54, 1.807) is 0 Å². The second-order valence-corrected chi connectivity index (χ2v) is 6.59. The largest absolute Gasteiger partial charge is 0.256 e. The third kappa shape index (κ3) is 1.93. The Morgan fingerprint density at radius 3 is 2.73 bits per heavy atom. The summed E-state index contributed by atoms with van der Waals surface area (Å²) in [6, 6.07) is 11.0. The summed E-state index contributed by atoms with van der Waals surface area (Å²) in [6.45, 7) is 5.62. The Morgan fingerprint density at radius 1 is 1.14 bits per heavy atom. The third-order valence-electron chi connectivity index (χ3n) is 5.31. The van der Waals surface area contributed by atoms with Gasteiger partial charge in [0.2, 0.25) is 5.52 Å². The molecule has 2 nitrogen and oxygen atoms in total. The number of aryl methyl sites for hydroxylation is 1. The summed E-state index contributed by atoms with van der Waals surface area (Å²) in [5, 5.41) is 2.71. The molecule has 1 saturated carbocycles. The minimum atomic E-state index is 0.398. The predicted octanol–water partition coefficient (Wildman–Crippen LogP) is 4.53. The minimum absolute atomic E-state index is 0.398. The van der Waals surface area contributed by atoms with E-state index in [0.717, 1.165) is 18.5 Å². The van der Waals surface area contributed by atoms with Crippen molar-refractivity contribution in [1.82, 2.24) is 4.98 Å². The van der Waals surface area contributed by atoms with E-state index in [4.69, 9.17) is 0 Å². The van der Waals surface area contributed by atoms with Crippen molar-refractivity contribution in [3.8, 4) is 0 Å². The molecule has 0 bridgehead atoms. The number of benzene rings is 1. The highest BCUT2D eigenvalue weighted by atomic mass is 14.9. The van der Waals surface area contributed by atoms with Gasteiger partial charge in [0, 0.05) is 24.1 Å². The lowest BCUT2D eigenvalue weighted by molar-refractivity contribution is -0.670. The molecular weight excluding hydrogens is 268 g/mol. The fourth-order valence-electron chi connectivity index (χ4n) is 3.85. The summed E-state index contributed by atoms with van der Waals surface area (Å²) < 4.78 is 2.41. The SMILES string of the molecule is CCC[n+]1cccc2ccc3nccc(C4(CC)CC4)c3c21. The normalized spacial score (nSPS) is 16.3. The molecule has 22 heavy (non-hydrogen) atoms. The first-order valence-corrected chi connectivity index (χ1v) is 8.49. The van der Waals surface area contributed by atoms with Crippen LogP contribution >= 0.6 is 0 Å². The molecule has 4 rings (SSSR count). The van der Waals surface area contributed by atoms with Gasteiger partial charge < -0.3 is 0 Å². The molecule has 1 fully saturated rings. The zero-order chi connectivity index (χ0) is 15.2. The van der Waals surface area contributed by atoms with E-state index in [-0.39, 0.29) is 0 Å². The molecular formula is C20H23N2+. The quantitative estimate of drug-likeness (QED) is 0.510. The molecule has 0 amide bonds. The molecule has 0 saturated heterocycles. The zero-order valence-corrected chi connectivity index (χ0v) is 13.5. The van der Waals surface area contributed by atoms with Crippen molar-refractivity contribution in [3.63, 3.8) is 0 Å². The maximum absolute atomic E-state index is 4.66. The molecule has 2 heteroatoms. The molecule has 0 unspecified atom stereocenters. The number of hydrogen-bond donors (Lipinski definition) is 0. The smallest absolute Gasteiger partial charge is 0.222 e. The molecule has 2 aromatic heterocycles. The van der Waals surface area contributed by atoms with Gasteiger partial charge in [-0.25, -0.2) is 0 Å². The number of hydrogen-bond acceptors (Lipinski definition) is 1. The van der Waals surface area contributed by atoms with E-state index in [1.165, 1.54) is 41.1 Å². The molecule has 1 aliphatic carbocycles. The van der Waals surface area contributed by atoms with E-state index in [0.29, 0.717) is 5.41 Å². The monoisotopic (exact) mass is 291 g/mol. The Balaban J connectivity index is 2.13. The number of aromatic nitrogens is 2. The van der Waals surface area contributed by atoms with Crippen molar-refractivity contribution < 1.29 is 4.57 Å². The summed E-state index contributed by atoms with van der Waals surface area (Å²) in [5.74, 6) is 0. The standard InChI is InChI=1S/C20H23N2/c1-3-13-22-14-5-6-15-7-8-17-18(19(15)22)16(9-12-21-17)20(4-2)10-11-20/h5-9,12,14H,3-4,10-11,13H2,1-2H3/q+1. The Bertz CT molecular complexity index is 847. The van der Waals surface area contributed by atoms with Gasteiger partial charge in [-0.3, -0.25) is 4.98 Å². The van der Waals surface area contributed by atoms with Gasteiger partial charge in [-0.15, -0.1) is 0 Å². The van der Waals surface area contributed by atoms with Crippen LogP contribution in [0, 0.1) is 0 Å². The molecule has 1 aliphatic rings. The first-order valence-electron chi connectivity index (χ1n) is 8.49. The van der Waals surface area contributed by atoms with Gasteiger partial charge in [0.05, 0.1) is 10.9 Å². The molecule has 0 N–H and O–H groups in total. The average molecular weight is 291 g/mol. The summed E-state index contributed by atoms with van der Waals surface area (Å²) in [5.41, 5.74) is 4.42. The van der Waals surface area contributed by atoms with Crippen LogP contribution in [0.25, 0.3) is 21.8 Å². The van der Waals surface area contributed by atoms with Gasteiger partial charge in [0.1, 0.15) is 6.54 Å². The van der Waals surface area contributed by atoms with Gasteiger partial charge in [0.15, 0.2) is 6.20 Å². The minimum Gasteiger partial charge on any atom is -0.256 e. The van der Waals surface area contributed by atoms with Gasteiger partial charge in [0.25, 0.3) is 0 Å². The fourth-order valence-corrected chi connectivity index (χ4v) is 3.85. The van der Waals surface area contributed by atoms with E-state index >= 15 is 0 Å². The molecule has 112 valence electrons. The molecule has 1 aromatic carbocycles. The van der Waals surface area contributed by atoms with Crippen molar-refractivity contribution in [2.24, 2.45) is 0 Å². The lowest BCUT2D eigenvalue weighted by Gasteiger charge is -2.16. The second kappa shape index (κ2) is 5.05. The van der Waals surface area contributed by atoms with Gasteiger partial charge in [-0.1, -0.05) is 13.8 Å². The van der Waals surface area contributed by atoms with Crippen LogP contribution in [0.3, 0.4) is 0 Å². The molecule has 0 radical (unpaired) electrons. The topological polar surface area (TPSA) is 16.8 Å². The van der Waals surface area contributed by atoms with Crippen molar-refractivity contribution in [1.29, 1.82) is 0 Å². The third-order valence-corrected chi connectivity index (χ3v) is 5.31. The zero-order valence-electron chi connectivity index (χ0n) is 13.5. The van der Waals surface area contributed by atoms with Crippen LogP contribution in [0.5, 0.6) is 0 Å². The summed E-state index contributed by atoms with van der Waals surface area (Å²) >= 11 is 0. The fraction of sp³-hybridized carbons (Fsp3) is 0.400. The van der Waals surface area contributed by atoms with Crippen molar-refractivity contribution >= 4 is 21.8 Å². The van der Waals surface area contributed by atoms with Crippen LogP contribution in [-0.4, -0.2) is 4.98 Å². The lowest BCUT2D eigenvalue weighted by Crippen LogP contribution is -2.34.